The van der Waals surface area contributed by atoms with E-state index < -0.39 is 0 Å². The van der Waals surface area contributed by atoms with Crippen LogP contribution in [0.25, 0.3) is 0 Å². The summed E-state index contributed by atoms with van der Waals surface area (Å²) in [5.41, 5.74) is 0. The van der Waals surface area contributed by atoms with E-state index in [-0.39, 0.29) is 12.4 Å². The van der Waals surface area contributed by atoms with Crippen LogP contribution in [0.5, 0.6) is 0 Å². The third kappa shape index (κ3) is 4.88. The van der Waals surface area contributed by atoms with Crippen LogP contribution in [0.15, 0.2) is 12.1 Å². The molecule has 0 saturated carbocycles. The number of methoxy groups -OCH3 is 1. The first-order valence-electron chi connectivity index (χ1n) is 5.42. The van der Waals surface area contributed by atoms with Crippen molar-refractivity contribution >= 4 is 17.1 Å². The van der Waals surface area contributed by atoms with Gasteiger partial charge in [-0.1, -0.05) is 6.92 Å². The lowest BCUT2D eigenvalue weighted by Crippen LogP contribution is -2.13. The molecule has 0 spiro atoms. The third-order valence-corrected chi connectivity index (χ3v) is 3.36. The minimum atomic E-state index is 0.126. The molecule has 0 aliphatic rings. The zero-order valence-corrected chi connectivity index (χ0v) is 10.6. The molecule has 90 valence electrons. The monoisotopic (exact) mass is 242 g/mol. The van der Waals surface area contributed by atoms with Crippen molar-refractivity contribution in [3.8, 4) is 0 Å². The summed E-state index contributed by atoms with van der Waals surface area (Å²) >= 11 is 1.70. The molecule has 0 amide bonds. The van der Waals surface area contributed by atoms with Crippen LogP contribution in [0.2, 0.25) is 0 Å². The normalized spacial score (nSPS) is 10.6. The summed E-state index contributed by atoms with van der Waals surface area (Å²) in [6.45, 7) is 3.31. The number of Topliss-reactive ketones (excluding diaryl/α,β-unsaturated/α-hetero) is 1. The van der Waals surface area contributed by atoms with Crippen molar-refractivity contribution in [1.29, 1.82) is 0 Å². The highest BCUT2D eigenvalue weighted by atomic mass is 32.1. The molecule has 0 fully saturated rings. The zero-order valence-electron chi connectivity index (χ0n) is 9.82. The zero-order chi connectivity index (χ0) is 11.8. The van der Waals surface area contributed by atoms with Gasteiger partial charge in [0.25, 0.3) is 0 Å². The van der Waals surface area contributed by atoms with E-state index in [9.17, 15) is 4.79 Å². The topological polar surface area (TPSA) is 35.5 Å². The maximum Gasteiger partial charge on any atom is 0.163 e. The minimum Gasteiger partial charge on any atom is -0.382 e. The Balaban J connectivity index is 2.23. The fourth-order valence-corrected chi connectivity index (χ4v) is 2.27. The predicted octanol–water partition coefficient (Wildman–Crippen LogP) is 2.09. The van der Waals surface area contributed by atoms with Gasteiger partial charge < -0.3 is 9.47 Å². The van der Waals surface area contributed by atoms with Crippen molar-refractivity contribution in [3.63, 3.8) is 0 Å². The van der Waals surface area contributed by atoms with Gasteiger partial charge in [-0.25, -0.2) is 0 Å². The second kappa shape index (κ2) is 7.54. The first-order valence-corrected chi connectivity index (χ1v) is 6.24. The Bertz CT molecular complexity index is 320. The summed E-state index contributed by atoms with van der Waals surface area (Å²) in [5.74, 6) is 0.126. The molecule has 0 unspecified atom stereocenters. The average Bonchev–Trinajstić information content (AvgIpc) is 2.72. The maximum absolute atomic E-state index is 11.5. The molecule has 1 rings (SSSR count). The van der Waals surface area contributed by atoms with Crippen LogP contribution in [0.1, 0.15) is 16.7 Å². The number of ether oxygens (including phenoxy) is 2. The molecular formula is C12H18O3S. The van der Waals surface area contributed by atoms with E-state index >= 15 is 0 Å². The van der Waals surface area contributed by atoms with Crippen LogP contribution in [-0.2, 0) is 27.1 Å². The van der Waals surface area contributed by atoms with Crippen LogP contribution in [0.3, 0.4) is 0 Å². The van der Waals surface area contributed by atoms with E-state index in [1.165, 1.54) is 4.88 Å². The first kappa shape index (κ1) is 13.4. The number of ketones is 1. The number of thiophene rings is 1. The van der Waals surface area contributed by atoms with Crippen LogP contribution in [0.4, 0.5) is 0 Å². The van der Waals surface area contributed by atoms with Gasteiger partial charge in [0.05, 0.1) is 13.2 Å². The second-order valence-electron chi connectivity index (χ2n) is 3.48. The van der Waals surface area contributed by atoms with Gasteiger partial charge in [-0.15, -0.1) is 11.3 Å². The lowest BCUT2D eigenvalue weighted by atomic mass is 10.2. The van der Waals surface area contributed by atoms with Crippen LogP contribution in [0, 0.1) is 0 Å². The highest BCUT2D eigenvalue weighted by molar-refractivity contribution is 7.12. The summed E-state index contributed by atoms with van der Waals surface area (Å²) in [6.07, 6.45) is 1.51. The van der Waals surface area contributed by atoms with E-state index in [2.05, 4.69) is 13.0 Å². The van der Waals surface area contributed by atoms with Gasteiger partial charge >= 0.3 is 0 Å². The van der Waals surface area contributed by atoms with E-state index in [0.717, 1.165) is 11.3 Å². The second-order valence-corrected chi connectivity index (χ2v) is 4.74. The molecule has 1 aromatic heterocycles. The molecule has 0 aliphatic carbocycles. The number of hydrogen-bond acceptors (Lipinski definition) is 4. The van der Waals surface area contributed by atoms with Gasteiger partial charge in [0.1, 0.15) is 6.61 Å². The molecule has 0 N–H and O–H groups in total. The molecular weight excluding hydrogens is 224 g/mol. The SMILES string of the molecule is CCc1ccc(CC(=O)COCCOC)s1. The van der Waals surface area contributed by atoms with Gasteiger partial charge in [-0.3, -0.25) is 4.79 Å². The number of hydrogen-bond donors (Lipinski definition) is 0. The van der Waals surface area contributed by atoms with Gasteiger partial charge in [-0.2, -0.15) is 0 Å². The third-order valence-electron chi connectivity index (χ3n) is 2.13. The standard InChI is InChI=1S/C12H18O3S/c1-3-11-4-5-12(16-11)8-10(13)9-15-7-6-14-2/h4-5H,3,6-9H2,1-2H3. The molecule has 0 aromatic carbocycles. The highest BCUT2D eigenvalue weighted by Gasteiger charge is 2.06. The van der Waals surface area contributed by atoms with E-state index in [4.69, 9.17) is 9.47 Å². The van der Waals surface area contributed by atoms with Crippen molar-refractivity contribution in [2.45, 2.75) is 19.8 Å². The fourth-order valence-electron chi connectivity index (χ4n) is 1.28. The summed E-state index contributed by atoms with van der Waals surface area (Å²) in [5, 5.41) is 0. The molecule has 1 heterocycles. The molecule has 0 bridgehead atoms. The smallest absolute Gasteiger partial charge is 0.163 e. The van der Waals surface area contributed by atoms with Crippen molar-refractivity contribution < 1.29 is 14.3 Å². The average molecular weight is 242 g/mol. The summed E-state index contributed by atoms with van der Waals surface area (Å²) < 4.78 is 10.00. The van der Waals surface area contributed by atoms with E-state index in [0.29, 0.717) is 19.6 Å². The number of rotatable bonds is 8. The molecule has 0 aliphatic heterocycles. The Morgan fingerprint density at radius 3 is 2.69 bits per heavy atom. The minimum absolute atomic E-state index is 0.126. The number of carbonyl (C=O) groups excluding carboxylic acids is 1. The van der Waals surface area contributed by atoms with E-state index in [1.54, 1.807) is 18.4 Å². The molecule has 0 saturated heterocycles. The lowest BCUT2D eigenvalue weighted by molar-refractivity contribution is -0.123. The molecule has 3 nitrogen and oxygen atoms in total. The van der Waals surface area contributed by atoms with Crippen molar-refractivity contribution in [1.82, 2.24) is 0 Å². The Kier molecular flexibility index (Phi) is 6.30. The summed E-state index contributed by atoms with van der Waals surface area (Å²) in [4.78, 5) is 14.0. The van der Waals surface area contributed by atoms with Crippen molar-refractivity contribution in [2.75, 3.05) is 26.9 Å². The maximum atomic E-state index is 11.5. The van der Waals surface area contributed by atoms with Crippen LogP contribution >= 0.6 is 11.3 Å². The lowest BCUT2D eigenvalue weighted by Gasteiger charge is -2.01. The Hall–Kier alpha value is -0.710. The predicted molar refractivity (Wildman–Crippen MR) is 65.1 cm³/mol. The molecule has 0 radical (unpaired) electrons. The van der Waals surface area contributed by atoms with Gasteiger partial charge in [0.2, 0.25) is 0 Å². The van der Waals surface area contributed by atoms with E-state index in [1.807, 2.05) is 6.07 Å². The highest BCUT2D eigenvalue weighted by Crippen LogP contribution is 2.17. The van der Waals surface area contributed by atoms with Crippen LogP contribution < -0.4 is 0 Å². The quantitative estimate of drug-likeness (QED) is 0.655. The van der Waals surface area contributed by atoms with Crippen molar-refractivity contribution in [2.24, 2.45) is 0 Å². The van der Waals surface area contributed by atoms with Crippen LogP contribution in [-0.4, -0.2) is 32.7 Å². The first-order chi connectivity index (χ1) is 7.76. The van der Waals surface area contributed by atoms with Gasteiger partial charge in [0, 0.05) is 23.3 Å². The number of carbonyl (C=O) groups is 1. The Morgan fingerprint density at radius 1 is 1.31 bits per heavy atom. The summed E-state index contributed by atoms with van der Waals surface area (Å²) in [6, 6.07) is 4.11. The Morgan fingerprint density at radius 2 is 2.06 bits per heavy atom. The molecule has 1 aromatic rings. The number of aryl methyl sites for hydroxylation is 1. The Labute approximate surface area is 100 Å². The fraction of sp³-hybridized carbons (Fsp3) is 0.583. The summed E-state index contributed by atoms with van der Waals surface area (Å²) in [7, 11) is 1.61. The van der Waals surface area contributed by atoms with Crippen molar-refractivity contribution in [3.05, 3.63) is 21.9 Å². The van der Waals surface area contributed by atoms with Gasteiger partial charge in [0.15, 0.2) is 5.78 Å². The molecule has 0 atom stereocenters. The molecule has 16 heavy (non-hydrogen) atoms. The largest absolute Gasteiger partial charge is 0.382 e. The van der Waals surface area contributed by atoms with Gasteiger partial charge in [-0.05, 0) is 18.6 Å². The molecule has 4 heteroatoms.